The van der Waals surface area contributed by atoms with E-state index in [1.54, 1.807) is 0 Å². The van der Waals surface area contributed by atoms with Crippen LogP contribution in [0, 0.1) is 0 Å². The zero-order valence-electron chi connectivity index (χ0n) is 29.7. The van der Waals surface area contributed by atoms with Crippen molar-refractivity contribution in [2.75, 3.05) is 0 Å². The van der Waals surface area contributed by atoms with Gasteiger partial charge in [0, 0.05) is 44.2 Å². The molecule has 0 aliphatic rings. The van der Waals surface area contributed by atoms with Crippen LogP contribution in [-0.2, 0) is 0 Å². The molecule has 0 spiro atoms. The predicted molar refractivity (Wildman–Crippen MR) is 223 cm³/mol. The number of para-hydroxylation sites is 1. The Morgan fingerprint density at radius 1 is 0.327 bits per heavy atom. The van der Waals surface area contributed by atoms with Crippen LogP contribution < -0.4 is 0 Å². The molecule has 10 rings (SSSR count). The summed E-state index contributed by atoms with van der Waals surface area (Å²) in [6, 6.07) is 66.1. The summed E-state index contributed by atoms with van der Waals surface area (Å²) in [5, 5.41) is 2.07. The van der Waals surface area contributed by atoms with E-state index in [4.69, 9.17) is 24.4 Å². The van der Waals surface area contributed by atoms with E-state index in [1.165, 1.54) is 0 Å². The Morgan fingerprint density at radius 2 is 0.782 bits per heavy atom. The maximum absolute atomic E-state index is 7.04. The molecule has 55 heavy (non-hydrogen) atoms. The molecule has 0 saturated carbocycles. The minimum absolute atomic E-state index is 0.576. The summed E-state index contributed by atoms with van der Waals surface area (Å²) in [6.45, 7) is 0. The van der Waals surface area contributed by atoms with Crippen LogP contribution in [0.4, 0.5) is 0 Å². The fourth-order valence-electron chi connectivity index (χ4n) is 7.28. The number of pyridine rings is 1. The molecular formula is C50H32N4O. The topological polar surface area (TPSA) is 64.7 Å². The van der Waals surface area contributed by atoms with Crippen molar-refractivity contribution in [1.82, 2.24) is 19.9 Å². The van der Waals surface area contributed by atoms with Crippen molar-refractivity contribution < 1.29 is 4.42 Å². The smallest absolute Gasteiger partial charge is 0.164 e. The van der Waals surface area contributed by atoms with Gasteiger partial charge in [-0.05, 0) is 28.8 Å². The van der Waals surface area contributed by atoms with Crippen molar-refractivity contribution in [3.05, 3.63) is 194 Å². The quantitative estimate of drug-likeness (QED) is 0.165. The number of nitrogens with zero attached hydrogens (tertiary/aromatic N) is 4. The summed E-state index contributed by atoms with van der Waals surface area (Å²) in [5.41, 5.74) is 11.4. The predicted octanol–water partition coefficient (Wildman–Crippen LogP) is 12.8. The Kier molecular flexibility index (Phi) is 8.08. The summed E-state index contributed by atoms with van der Waals surface area (Å²) in [5.74, 6) is 2.55. The van der Waals surface area contributed by atoms with Crippen molar-refractivity contribution in [3.63, 3.8) is 0 Å². The number of hydrogen-bond acceptors (Lipinski definition) is 5. The molecule has 3 heterocycles. The van der Waals surface area contributed by atoms with Gasteiger partial charge in [-0.1, -0.05) is 182 Å². The standard InChI is InChI=1S/C50H32N4O/c1-5-16-33(17-6-1)34-28-30-38(31-29-34)49-52-48(37-22-11-4-12-23-37)53-50(54-49)40-25-15-24-39(32-40)46-43(35-18-7-2-8-19-35)44-41-26-13-14-27-42(41)51-45(47(44)55-46)36-20-9-3-10-21-36/h1-32H. The highest BCUT2D eigenvalue weighted by Gasteiger charge is 2.24. The highest BCUT2D eigenvalue weighted by molar-refractivity contribution is 6.18. The third-order valence-corrected chi connectivity index (χ3v) is 9.94. The largest absolute Gasteiger partial charge is 0.453 e. The second kappa shape index (κ2) is 13.8. The number of benzene rings is 7. The van der Waals surface area contributed by atoms with E-state index in [9.17, 15) is 0 Å². The van der Waals surface area contributed by atoms with E-state index in [1.807, 2.05) is 78.9 Å². The van der Waals surface area contributed by atoms with E-state index >= 15 is 0 Å². The molecule has 5 nitrogen and oxygen atoms in total. The SMILES string of the molecule is c1ccc(-c2ccc(-c3nc(-c4ccccc4)nc(-c4cccc(-c5oc6c(-c7ccccc7)nc7ccccc7c6c5-c5ccccc5)c4)n3)cc2)cc1. The summed E-state index contributed by atoms with van der Waals surface area (Å²) in [7, 11) is 0. The van der Waals surface area contributed by atoms with Crippen LogP contribution in [0.1, 0.15) is 0 Å². The third-order valence-electron chi connectivity index (χ3n) is 9.94. The fourth-order valence-corrected chi connectivity index (χ4v) is 7.28. The number of fused-ring (bicyclic) bond motifs is 3. The minimum atomic E-state index is 0.576. The van der Waals surface area contributed by atoms with Gasteiger partial charge in [0.1, 0.15) is 11.5 Å². The monoisotopic (exact) mass is 704 g/mol. The van der Waals surface area contributed by atoms with Crippen LogP contribution in [0.25, 0.3) is 101 Å². The molecule has 258 valence electrons. The lowest BCUT2D eigenvalue weighted by atomic mass is 9.95. The van der Waals surface area contributed by atoms with Gasteiger partial charge in [0.2, 0.25) is 0 Å². The molecular weight excluding hydrogens is 673 g/mol. The lowest BCUT2D eigenvalue weighted by Crippen LogP contribution is -2.00. The first-order valence-electron chi connectivity index (χ1n) is 18.3. The summed E-state index contributed by atoms with van der Waals surface area (Å²) >= 11 is 0. The molecule has 0 atom stereocenters. The fraction of sp³-hybridized carbons (Fsp3) is 0. The van der Waals surface area contributed by atoms with E-state index in [0.717, 1.165) is 83.4 Å². The summed E-state index contributed by atoms with van der Waals surface area (Å²) < 4.78 is 7.04. The van der Waals surface area contributed by atoms with Gasteiger partial charge in [0.15, 0.2) is 23.1 Å². The van der Waals surface area contributed by atoms with Crippen LogP contribution in [-0.4, -0.2) is 19.9 Å². The first-order valence-corrected chi connectivity index (χ1v) is 18.3. The summed E-state index contributed by atoms with van der Waals surface area (Å²) in [6.07, 6.45) is 0. The molecule has 0 bridgehead atoms. The molecule has 0 unspecified atom stereocenters. The number of hydrogen-bond donors (Lipinski definition) is 0. The number of furan rings is 1. The molecule has 7 aromatic carbocycles. The van der Waals surface area contributed by atoms with E-state index in [2.05, 4.69) is 115 Å². The second-order valence-electron chi connectivity index (χ2n) is 13.4. The Balaban J connectivity index is 1.17. The Morgan fingerprint density at radius 3 is 1.44 bits per heavy atom. The van der Waals surface area contributed by atoms with Gasteiger partial charge >= 0.3 is 0 Å². The highest BCUT2D eigenvalue weighted by Crippen LogP contribution is 2.46. The number of rotatable bonds is 7. The van der Waals surface area contributed by atoms with Crippen molar-refractivity contribution in [1.29, 1.82) is 0 Å². The van der Waals surface area contributed by atoms with Crippen LogP contribution in [0.5, 0.6) is 0 Å². The highest BCUT2D eigenvalue weighted by atomic mass is 16.3. The molecule has 0 aliphatic heterocycles. The van der Waals surface area contributed by atoms with Gasteiger partial charge in [0.05, 0.1) is 5.52 Å². The van der Waals surface area contributed by atoms with E-state index in [-0.39, 0.29) is 0 Å². The average molecular weight is 705 g/mol. The average Bonchev–Trinajstić information content (AvgIpc) is 3.69. The van der Waals surface area contributed by atoms with Crippen molar-refractivity contribution in [3.8, 4) is 79.0 Å². The molecule has 0 fully saturated rings. The first kappa shape index (κ1) is 32.2. The third kappa shape index (κ3) is 6.04. The Bertz CT molecular complexity index is 2940. The lowest BCUT2D eigenvalue weighted by molar-refractivity contribution is 0.632. The Labute approximate surface area is 318 Å². The van der Waals surface area contributed by atoms with Crippen LogP contribution in [0.3, 0.4) is 0 Å². The van der Waals surface area contributed by atoms with Gasteiger partial charge in [-0.3, -0.25) is 0 Å². The van der Waals surface area contributed by atoms with Gasteiger partial charge in [-0.15, -0.1) is 0 Å². The molecule has 0 amide bonds. The second-order valence-corrected chi connectivity index (χ2v) is 13.4. The zero-order valence-corrected chi connectivity index (χ0v) is 29.7. The molecule has 0 radical (unpaired) electrons. The van der Waals surface area contributed by atoms with Crippen molar-refractivity contribution in [2.24, 2.45) is 0 Å². The van der Waals surface area contributed by atoms with Crippen LogP contribution in [0.2, 0.25) is 0 Å². The molecule has 0 N–H and O–H groups in total. The van der Waals surface area contributed by atoms with Gasteiger partial charge < -0.3 is 4.42 Å². The zero-order chi connectivity index (χ0) is 36.6. The van der Waals surface area contributed by atoms with Gasteiger partial charge in [-0.2, -0.15) is 0 Å². The van der Waals surface area contributed by atoms with Crippen LogP contribution >= 0.6 is 0 Å². The van der Waals surface area contributed by atoms with Crippen molar-refractivity contribution in [2.45, 2.75) is 0 Å². The summed E-state index contributed by atoms with van der Waals surface area (Å²) in [4.78, 5) is 20.3. The van der Waals surface area contributed by atoms with E-state index < -0.39 is 0 Å². The maximum Gasteiger partial charge on any atom is 0.164 e. The lowest BCUT2D eigenvalue weighted by Gasteiger charge is -2.10. The maximum atomic E-state index is 7.04. The molecule has 0 saturated heterocycles. The Hall–Kier alpha value is -7.50. The first-order chi connectivity index (χ1) is 27.3. The minimum Gasteiger partial charge on any atom is -0.453 e. The van der Waals surface area contributed by atoms with Crippen LogP contribution in [0.15, 0.2) is 199 Å². The molecule has 0 aliphatic carbocycles. The number of aromatic nitrogens is 4. The molecule has 5 heteroatoms. The molecule has 10 aromatic rings. The van der Waals surface area contributed by atoms with Crippen molar-refractivity contribution >= 4 is 21.9 Å². The van der Waals surface area contributed by atoms with Gasteiger partial charge in [0.25, 0.3) is 0 Å². The van der Waals surface area contributed by atoms with Gasteiger partial charge in [-0.25, -0.2) is 19.9 Å². The van der Waals surface area contributed by atoms with E-state index in [0.29, 0.717) is 17.5 Å². The molecule has 3 aromatic heterocycles. The normalized spacial score (nSPS) is 11.3.